The fourth-order valence-corrected chi connectivity index (χ4v) is 3.69. The number of carbonyl (C=O) groups excluding carboxylic acids is 1. The van der Waals surface area contributed by atoms with Crippen LogP contribution in [0.4, 0.5) is 0 Å². The van der Waals surface area contributed by atoms with E-state index in [1.54, 1.807) is 0 Å². The Balaban J connectivity index is 1.67. The summed E-state index contributed by atoms with van der Waals surface area (Å²) >= 11 is 0. The molecule has 1 aliphatic carbocycles. The van der Waals surface area contributed by atoms with Crippen molar-refractivity contribution in [1.82, 2.24) is 4.90 Å². The molecule has 1 unspecified atom stereocenters. The van der Waals surface area contributed by atoms with Crippen molar-refractivity contribution in [3.05, 3.63) is 34.9 Å². The summed E-state index contributed by atoms with van der Waals surface area (Å²) in [5, 5.41) is 9.10. The van der Waals surface area contributed by atoms with E-state index in [9.17, 15) is 9.59 Å². The number of carboxylic acids is 1. The van der Waals surface area contributed by atoms with Crippen molar-refractivity contribution in [2.75, 3.05) is 13.1 Å². The third kappa shape index (κ3) is 2.55. The molecule has 1 spiro atoms. The number of rotatable bonds is 2. The summed E-state index contributed by atoms with van der Waals surface area (Å²) in [4.78, 5) is 25.5. The van der Waals surface area contributed by atoms with Gasteiger partial charge in [-0.3, -0.25) is 9.59 Å². The number of nitrogens with zero attached hydrogens (tertiary/aromatic N) is 1. The minimum Gasteiger partial charge on any atom is -0.481 e. The first-order chi connectivity index (χ1) is 9.91. The topological polar surface area (TPSA) is 57.6 Å². The Labute approximate surface area is 124 Å². The van der Waals surface area contributed by atoms with E-state index in [1.807, 2.05) is 30.9 Å². The smallest absolute Gasteiger partial charge is 0.307 e. The van der Waals surface area contributed by atoms with Crippen LogP contribution in [0.2, 0.25) is 0 Å². The molecule has 21 heavy (non-hydrogen) atoms. The number of carbonyl (C=O) groups is 2. The molecule has 1 N–H and O–H groups in total. The van der Waals surface area contributed by atoms with Gasteiger partial charge in [-0.1, -0.05) is 17.2 Å². The zero-order chi connectivity index (χ0) is 15.2. The first-order valence-corrected chi connectivity index (χ1v) is 7.52. The van der Waals surface area contributed by atoms with Crippen LogP contribution < -0.4 is 0 Å². The average molecular weight is 287 g/mol. The SMILES string of the molecule is Cc1cc(C)cc(C(=O)N2CCC3(CC2)CC3C(=O)O)c1. The van der Waals surface area contributed by atoms with Gasteiger partial charge in [0.2, 0.25) is 0 Å². The van der Waals surface area contributed by atoms with Crippen LogP contribution in [0.1, 0.15) is 40.7 Å². The van der Waals surface area contributed by atoms with Gasteiger partial charge in [0.05, 0.1) is 5.92 Å². The molecule has 1 aromatic rings. The van der Waals surface area contributed by atoms with Crippen molar-refractivity contribution >= 4 is 11.9 Å². The summed E-state index contributed by atoms with van der Waals surface area (Å²) in [6, 6.07) is 5.91. The van der Waals surface area contributed by atoms with Crippen LogP contribution >= 0.6 is 0 Å². The van der Waals surface area contributed by atoms with E-state index >= 15 is 0 Å². The van der Waals surface area contributed by atoms with Gasteiger partial charge in [0.15, 0.2) is 0 Å². The van der Waals surface area contributed by atoms with Crippen molar-refractivity contribution < 1.29 is 14.7 Å². The molecule has 0 radical (unpaired) electrons. The molecule has 3 rings (SSSR count). The molecular formula is C17H21NO3. The molecular weight excluding hydrogens is 266 g/mol. The van der Waals surface area contributed by atoms with Gasteiger partial charge in [0, 0.05) is 18.7 Å². The summed E-state index contributed by atoms with van der Waals surface area (Å²) in [7, 11) is 0. The van der Waals surface area contributed by atoms with Gasteiger partial charge < -0.3 is 10.0 Å². The monoisotopic (exact) mass is 287 g/mol. The van der Waals surface area contributed by atoms with E-state index in [1.165, 1.54) is 0 Å². The molecule has 1 atom stereocenters. The van der Waals surface area contributed by atoms with E-state index in [2.05, 4.69) is 6.07 Å². The second kappa shape index (κ2) is 4.86. The van der Waals surface area contributed by atoms with E-state index in [0.717, 1.165) is 36.0 Å². The number of aryl methyl sites for hydroxylation is 2. The zero-order valence-corrected chi connectivity index (χ0v) is 12.6. The predicted octanol–water partition coefficient (Wildman–Crippen LogP) is 2.63. The molecule has 1 aromatic carbocycles. The van der Waals surface area contributed by atoms with Crippen LogP contribution in [0, 0.1) is 25.2 Å². The second-order valence-electron chi connectivity index (χ2n) is 6.63. The number of hydrogen-bond acceptors (Lipinski definition) is 2. The Morgan fingerprint density at radius 1 is 1.14 bits per heavy atom. The molecule has 1 aliphatic heterocycles. The lowest BCUT2D eigenvalue weighted by atomic mass is 9.90. The number of amides is 1. The lowest BCUT2D eigenvalue weighted by Crippen LogP contribution is -2.40. The lowest BCUT2D eigenvalue weighted by molar-refractivity contribution is -0.139. The molecule has 2 fully saturated rings. The highest BCUT2D eigenvalue weighted by atomic mass is 16.4. The van der Waals surface area contributed by atoms with Crippen molar-refractivity contribution in [2.24, 2.45) is 11.3 Å². The summed E-state index contributed by atoms with van der Waals surface area (Å²) < 4.78 is 0. The molecule has 1 heterocycles. The van der Waals surface area contributed by atoms with Gasteiger partial charge in [-0.05, 0) is 50.7 Å². The highest BCUT2D eigenvalue weighted by Gasteiger charge is 2.59. The normalized spacial score (nSPS) is 23.1. The maximum atomic E-state index is 12.6. The Kier molecular flexibility index (Phi) is 3.27. The number of piperidine rings is 1. The van der Waals surface area contributed by atoms with Gasteiger partial charge in [0.25, 0.3) is 5.91 Å². The molecule has 1 saturated carbocycles. The number of benzene rings is 1. The third-order valence-electron chi connectivity index (χ3n) is 5.00. The molecule has 0 bridgehead atoms. The van der Waals surface area contributed by atoms with Crippen LogP contribution in [0.25, 0.3) is 0 Å². The highest BCUT2D eigenvalue weighted by molar-refractivity contribution is 5.94. The molecule has 1 amide bonds. The Hall–Kier alpha value is -1.84. The van der Waals surface area contributed by atoms with Gasteiger partial charge in [-0.2, -0.15) is 0 Å². The summed E-state index contributed by atoms with van der Waals surface area (Å²) in [6.07, 6.45) is 2.43. The first kappa shape index (κ1) is 14.1. The molecule has 0 aromatic heterocycles. The van der Waals surface area contributed by atoms with Gasteiger partial charge in [-0.15, -0.1) is 0 Å². The van der Waals surface area contributed by atoms with E-state index in [4.69, 9.17) is 5.11 Å². The first-order valence-electron chi connectivity index (χ1n) is 7.52. The summed E-state index contributed by atoms with van der Waals surface area (Å²) in [5.74, 6) is -0.788. The molecule has 2 aliphatic rings. The van der Waals surface area contributed by atoms with E-state index in [0.29, 0.717) is 13.1 Å². The zero-order valence-electron chi connectivity index (χ0n) is 12.6. The number of carboxylic acid groups (broad SMARTS) is 1. The largest absolute Gasteiger partial charge is 0.481 e. The summed E-state index contributed by atoms with van der Waals surface area (Å²) in [5.41, 5.74) is 2.92. The molecule has 4 nitrogen and oxygen atoms in total. The second-order valence-corrected chi connectivity index (χ2v) is 6.63. The van der Waals surface area contributed by atoms with Crippen molar-refractivity contribution in [2.45, 2.75) is 33.1 Å². The fraction of sp³-hybridized carbons (Fsp3) is 0.529. The van der Waals surface area contributed by atoms with Crippen molar-refractivity contribution in [3.63, 3.8) is 0 Å². The van der Waals surface area contributed by atoms with E-state index < -0.39 is 5.97 Å². The Morgan fingerprint density at radius 2 is 1.71 bits per heavy atom. The van der Waals surface area contributed by atoms with Gasteiger partial charge in [0.1, 0.15) is 0 Å². The van der Waals surface area contributed by atoms with Crippen LogP contribution in [0.15, 0.2) is 18.2 Å². The number of likely N-dealkylation sites (tertiary alicyclic amines) is 1. The number of hydrogen-bond donors (Lipinski definition) is 1. The van der Waals surface area contributed by atoms with E-state index in [-0.39, 0.29) is 17.2 Å². The Morgan fingerprint density at radius 3 is 2.19 bits per heavy atom. The van der Waals surface area contributed by atoms with Crippen LogP contribution in [0.5, 0.6) is 0 Å². The van der Waals surface area contributed by atoms with Gasteiger partial charge in [-0.25, -0.2) is 0 Å². The van der Waals surface area contributed by atoms with Crippen LogP contribution in [-0.2, 0) is 4.79 Å². The standard InChI is InChI=1S/C17H21NO3/c1-11-7-12(2)9-13(8-11)15(19)18-5-3-17(4-6-18)10-14(17)16(20)21/h7-9,14H,3-6,10H2,1-2H3,(H,20,21). The van der Waals surface area contributed by atoms with Crippen molar-refractivity contribution in [3.8, 4) is 0 Å². The third-order valence-corrected chi connectivity index (χ3v) is 5.00. The maximum absolute atomic E-state index is 12.6. The van der Waals surface area contributed by atoms with Crippen molar-refractivity contribution in [1.29, 1.82) is 0 Å². The minimum absolute atomic E-state index is 0.0227. The highest BCUT2D eigenvalue weighted by Crippen LogP contribution is 2.59. The fourth-order valence-electron chi connectivity index (χ4n) is 3.69. The van der Waals surface area contributed by atoms with Gasteiger partial charge >= 0.3 is 5.97 Å². The quantitative estimate of drug-likeness (QED) is 0.909. The lowest BCUT2D eigenvalue weighted by Gasteiger charge is -2.32. The molecule has 1 saturated heterocycles. The molecule has 4 heteroatoms. The minimum atomic E-state index is -0.677. The molecule has 112 valence electrons. The predicted molar refractivity (Wildman–Crippen MR) is 79.2 cm³/mol. The average Bonchev–Trinajstić information content (AvgIpc) is 3.12. The van der Waals surface area contributed by atoms with Crippen LogP contribution in [0.3, 0.4) is 0 Å². The number of aliphatic carboxylic acids is 1. The Bertz CT molecular complexity index is 580. The maximum Gasteiger partial charge on any atom is 0.307 e. The van der Waals surface area contributed by atoms with Crippen LogP contribution in [-0.4, -0.2) is 35.0 Å². The summed E-state index contributed by atoms with van der Waals surface area (Å²) in [6.45, 7) is 5.35.